The van der Waals surface area contributed by atoms with Gasteiger partial charge in [0.2, 0.25) is 0 Å². The fourth-order valence-electron chi connectivity index (χ4n) is 2.24. The molecule has 0 aliphatic rings. The first kappa shape index (κ1) is 14.4. The molecule has 4 heteroatoms. The summed E-state index contributed by atoms with van der Waals surface area (Å²) in [6.45, 7) is 2.06. The maximum absolute atomic E-state index is 13.0. The highest BCUT2D eigenvalue weighted by Crippen LogP contribution is 2.28. The predicted octanol–water partition coefficient (Wildman–Crippen LogP) is 3.92. The molecule has 2 aromatic carbocycles. The predicted molar refractivity (Wildman–Crippen MR) is 74.1 cm³/mol. The lowest BCUT2D eigenvalue weighted by Crippen LogP contribution is -2.21. The Morgan fingerprint density at radius 3 is 2.40 bits per heavy atom. The SMILES string of the molecule is CCc1ccc2cc(C(C(=O)OC)C(F)F)ccc2c1. The van der Waals surface area contributed by atoms with E-state index >= 15 is 0 Å². The number of alkyl halides is 2. The maximum atomic E-state index is 13.0. The molecule has 0 spiro atoms. The Morgan fingerprint density at radius 2 is 1.80 bits per heavy atom. The van der Waals surface area contributed by atoms with Crippen molar-refractivity contribution in [2.45, 2.75) is 25.7 Å². The van der Waals surface area contributed by atoms with Gasteiger partial charge in [-0.15, -0.1) is 0 Å². The Morgan fingerprint density at radius 1 is 1.15 bits per heavy atom. The van der Waals surface area contributed by atoms with Crippen molar-refractivity contribution in [3.8, 4) is 0 Å². The van der Waals surface area contributed by atoms with Gasteiger partial charge in [0.25, 0.3) is 6.43 Å². The molecular formula is C16H16F2O2. The Bertz CT molecular complexity index is 623. The van der Waals surface area contributed by atoms with Crippen LogP contribution in [-0.2, 0) is 16.0 Å². The molecule has 106 valence electrons. The Labute approximate surface area is 116 Å². The van der Waals surface area contributed by atoms with E-state index in [-0.39, 0.29) is 5.56 Å². The van der Waals surface area contributed by atoms with E-state index < -0.39 is 18.3 Å². The van der Waals surface area contributed by atoms with Crippen molar-refractivity contribution in [3.63, 3.8) is 0 Å². The second-order valence-electron chi connectivity index (χ2n) is 4.63. The Hall–Kier alpha value is -1.97. The molecule has 0 amide bonds. The Kier molecular flexibility index (Phi) is 4.32. The number of ether oxygens (including phenoxy) is 1. The average Bonchev–Trinajstić information content (AvgIpc) is 2.46. The molecule has 0 fully saturated rings. The number of carbonyl (C=O) groups excluding carboxylic acids is 1. The van der Waals surface area contributed by atoms with Crippen LogP contribution in [0.2, 0.25) is 0 Å². The lowest BCUT2D eigenvalue weighted by atomic mass is 9.95. The number of rotatable bonds is 4. The van der Waals surface area contributed by atoms with E-state index in [2.05, 4.69) is 11.7 Å². The van der Waals surface area contributed by atoms with Crippen LogP contribution in [0, 0.1) is 0 Å². The lowest BCUT2D eigenvalue weighted by Gasteiger charge is -2.14. The van der Waals surface area contributed by atoms with Crippen LogP contribution in [0.15, 0.2) is 36.4 Å². The molecule has 2 nitrogen and oxygen atoms in total. The molecule has 0 aliphatic heterocycles. The summed E-state index contributed by atoms with van der Waals surface area (Å²) in [6, 6.07) is 10.8. The maximum Gasteiger partial charge on any atom is 0.319 e. The summed E-state index contributed by atoms with van der Waals surface area (Å²) in [5.74, 6) is -2.44. The number of hydrogen-bond acceptors (Lipinski definition) is 2. The quantitative estimate of drug-likeness (QED) is 0.792. The molecule has 0 N–H and O–H groups in total. The molecule has 1 unspecified atom stereocenters. The van der Waals surface area contributed by atoms with Crippen LogP contribution in [-0.4, -0.2) is 19.5 Å². The van der Waals surface area contributed by atoms with Gasteiger partial charge >= 0.3 is 5.97 Å². The van der Waals surface area contributed by atoms with Crippen LogP contribution >= 0.6 is 0 Å². The fourth-order valence-corrected chi connectivity index (χ4v) is 2.24. The van der Waals surface area contributed by atoms with Crippen molar-refractivity contribution >= 4 is 16.7 Å². The highest BCUT2D eigenvalue weighted by Gasteiger charge is 2.31. The van der Waals surface area contributed by atoms with Crippen molar-refractivity contribution in [2.75, 3.05) is 7.11 Å². The van der Waals surface area contributed by atoms with Crippen LogP contribution in [0.25, 0.3) is 10.8 Å². The molecular weight excluding hydrogens is 262 g/mol. The number of esters is 1. The third kappa shape index (κ3) is 2.79. The number of fused-ring (bicyclic) bond motifs is 1. The molecule has 1 atom stereocenters. The summed E-state index contributed by atoms with van der Waals surface area (Å²) in [6.07, 6.45) is -1.87. The zero-order valence-electron chi connectivity index (χ0n) is 11.4. The van der Waals surface area contributed by atoms with Crippen LogP contribution in [0.5, 0.6) is 0 Å². The molecule has 0 bridgehead atoms. The first-order chi connectivity index (χ1) is 9.56. The van der Waals surface area contributed by atoms with Gasteiger partial charge in [0.05, 0.1) is 7.11 Å². The highest BCUT2D eigenvalue weighted by atomic mass is 19.3. The minimum atomic E-state index is -2.78. The average molecular weight is 278 g/mol. The highest BCUT2D eigenvalue weighted by molar-refractivity contribution is 5.86. The standard InChI is InChI=1S/C16H16F2O2/c1-3-10-4-5-12-9-13(7-6-11(12)8-10)14(15(17)18)16(19)20-2/h4-9,14-15H,3H2,1-2H3. The van der Waals surface area contributed by atoms with E-state index in [0.717, 1.165) is 24.3 Å². The molecule has 0 radical (unpaired) electrons. The topological polar surface area (TPSA) is 26.3 Å². The summed E-state index contributed by atoms with van der Waals surface area (Å²) < 4.78 is 30.5. The monoisotopic (exact) mass is 278 g/mol. The molecule has 0 aliphatic carbocycles. The van der Waals surface area contributed by atoms with Crippen molar-refractivity contribution in [1.82, 2.24) is 0 Å². The van der Waals surface area contributed by atoms with Gasteiger partial charge in [-0.25, -0.2) is 8.78 Å². The van der Waals surface area contributed by atoms with E-state index in [1.807, 2.05) is 18.2 Å². The molecule has 0 saturated heterocycles. The zero-order valence-corrected chi connectivity index (χ0v) is 11.4. The van der Waals surface area contributed by atoms with Crippen molar-refractivity contribution in [3.05, 3.63) is 47.5 Å². The smallest absolute Gasteiger partial charge is 0.319 e. The molecule has 0 aromatic heterocycles. The largest absolute Gasteiger partial charge is 0.468 e. The van der Waals surface area contributed by atoms with Gasteiger partial charge in [0.1, 0.15) is 5.92 Å². The number of methoxy groups -OCH3 is 1. The van der Waals surface area contributed by atoms with E-state index in [0.29, 0.717) is 0 Å². The van der Waals surface area contributed by atoms with E-state index in [1.165, 1.54) is 5.56 Å². The van der Waals surface area contributed by atoms with Gasteiger partial charge in [-0.2, -0.15) is 0 Å². The minimum Gasteiger partial charge on any atom is -0.468 e. The van der Waals surface area contributed by atoms with Crippen LogP contribution < -0.4 is 0 Å². The van der Waals surface area contributed by atoms with Gasteiger partial charge in [-0.3, -0.25) is 4.79 Å². The molecule has 20 heavy (non-hydrogen) atoms. The first-order valence-corrected chi connectivity index (χ1v) is 6.45. The van der Waals surface area contributed by atoms with Crippen molar-refractivity contribution < 1.29 is 18.3 Å². The molecule has 2 aromatic rings. The van der Waals surface area contributed by atoms with Crippen molar-refractivity contribution in [2.24, 2.45) is 0 Å². The lowest BCUT2D eigenvalue weighted by molar-refractivity contribution is -0.146. The van der Waals surface area contributed by atoms with Gasteiger partial charge in [-0.1, -0.05) is 43.3 Å². The zero-order chi connectivity index (χ0) is 14.7. The summed E-state index contributed by atoms with van der Waals surface area (Å²) in [7, 11) is 1.12. The second kappa shape index (κ2) is 5.99. The second-order valence-corrected chi connectivity index (χ2v) is 4.63. The summed E-state index contributed by atoms with van der Waals surface area (Å²) in [5.41, 5.74) is 1.47. The van der Waals surface area contributed by atoms with E-state index in [9.17, 15) is 13.6 Å². The fraction of sp³-hybridized carbons (Fsp3) is 0.312. The summed E-state index contributed by atoms with van der Waals surface area (Å²) in [5, 5.41) is 1.82. The van der Waals surface area contributed by atoms with Gasteiger partial charge in [-0.05, 0) is 28.3 Å². The third-order valence-electron chi connectivity index (χ3n) is 3.40. The first-order valence-electron chi connectivity index (χ1n) is 6.45. The Balaban J connectivity index is 2.47. The van der Waals surface area contributed by atoms with Crippen LogP contribution in [0.1, 0.15) is 24.0 Å². The van der Waals surface area contributed by atoms with Crippen LogP contribution in [0.4, 0.5) is 8.78 Å². The normalized spacial score (nSPS) is 12.7. The number of halogens is 2. The minimum absolute atomic E-state index is 0.281. The van der Waals surface area contributed by atoms with E-state index in [4.69, 9.17) is 0 Å². The number of aryl methyl sites for hydroxylation is 1. The summed E-state index contributed by atoms with van der Waals surface area (Å²) in [4.78, 5) is 11.5. The van der Waals surface area contributed by atoms with Gasteiger partial charge in [0, 0.05) is 0 Å². The number of carbonyl (C=O) groups is 1. The van der Waals surface area contributed by atoms with Crippen LogP contribution in [0.3, 0.4) is 0 Å². The van der Waals surface area contributed by atoms with Crippen molar-refractivity contribution in [1.29, 1.82) is 0 Å². The number of hydrogen-bond donors (Lipinski definition) is 0. The third-order valence-corrected chi connectivity index (χ3v) is 3.40. The summed E-state index contributed by atoms with van der Waals surface area (Å²) >= 11 is 0. The van der Waals surface area contributed by atoms with E-state index in [1.54, 1.807) is 18.2 Å². The number of benzene rings is 2. The molecule has 2 rings (SSSR count). The molecule has 0 heterocycles. The van der Waals surface area contributed by atoms with Gasteiger partial charge < -0.3 is 4.74 Å². The molecule has 0 saturated carbocycles. The van der Waals surface area contributed by atoms with Gasteiger partial charge in [0.15, 0.2) is 0 Å².